The molecule has 1 atom stereocenters. The summed E-state index contributed by atoms with van der Waals surface area (Å²) >= 11 is 0. The smallest absolute Gasteiger partial charge is 0.193 e. The Hall–Kier alpha value is -2.00. The number of benzene rings is 2. The fraction of sp³-hybridized carbons (Fsp3) is 0.235. The Morgan fingerprint density at radius 1 is 1.04 bits per heavy atom. The molecule has 0 heterocycles. The van der Waals surface area contributed by atoms with Crippen LogP contribution in [0.25, 0.3) is 0 Å². The van der Waals surface area contributed by atoms with Crippen molar-refractivity contribution >= 4 is 35.6 Å². The Balaban J connectivity index is 0.00000288. The zero-order chi connectivity index (χ0) is 16.7. The first-order chi connectivity index (χ1) is 11.1. The van der Waals surface area contributed by atoms with E-state index in [1.165, 1.54) is 0 Å². The first-order valence-corrected chi connectivity index (χ1v) is 7.15. The zero-order valence-electron chi connectivity index (χ0n) is 13.6. The summed E-state index contributed by atoms with van der Waals surface area (Å²) in [6, 6.07) is 14.5. The number of nitrogens with two attached hydrogens (primary N) is 1. The summed E-state index contributed by atoms with van der Waals surface area (Å²) in [5.74, 6) is 1.74. The van der Waals surface area contributed by atoms with Crippen molar-refractivity contribution in [3.05, 3.63) is 54.1 Å². The first kappa shape index (κ1) is 20.0. The largest absolute Gasteiger partial charge is 0.497 e. The van der Waals surface area contributed by atoms with Crippen molar-refractivity contribution in [2.75, 3.05) is 26.1 Å². The van der Waals surface area contributed by atoms with Gasteiger partial charge in [0.05, 0.1) is 26.9 Å². The van der Waals surface area contributed by atoms with Gasteiger partial charge in [0.25, 0.3) is 0 Å². The predicted octanol–water partition coefficient (Wildman–Crippen LogP) is 2.78. The highest BCUT2D eigenvalue weighted by Gasteiger charge is 2.07. The number of hydrogen-bond acceptors (Lipinski definition) is 4. The van der Waals surface area contributed by atoms with E-state index in [1.54, 1.807) is 38.5 Å². The lowest BCUT2D eigenvalue weighted by molar-refractivity contribution is 0.187. The number of ether oxygens (including phenoxy) is 2. The second-order valence-electron chi connectivity index (χ2n) is 4.87. The summed E-state index contributed by atoms with van der Waals surface area (Å²) in [7, 11) is 3.21. The molecular formula is C17H22IN3O3. The summed E-state index contributed by atoms with van der Waals surface area (Å²) in [6.07, 6.45) is -0.725. The minimum Gasteiger partial charge on any atom is -0.497 e. The summed E-state index contributed by atoms with van der Waals surface area (Å²) in [5.41, 5.74) is 7.38. The van der Waals surface area contributed by atoms with Crippen LogP contribution in [-0.4, -0.2) is 31.8 Å². The van der Waals surface area contributed by atoms with Crippen molar-refractivity contribution in [2.45, 2.75) is 6.10 Å². The maximum Gasteiger partial charge on any atom is 0.193 e. The summed E-state index contributed by atoms with van der Waals surface area (Å²) in [4.78, 5) is 4.15. The Morgan fingerprint density at radius 2 is 1.54 bits per heavy atom. The summed E-state index contributed by atoms with van der Waals surface area (Å²) in [6.45, 7) is 0.168. The van der Waals surface area contributed by atoms with Crippen molar-refractivity contribution < 1.29 is 14.6 Å². The van der Waals surface area contributed by atoms with Gasteiger partial charge in [-0.05, 0) is 42.0 Å². The molecule has 1 unspecified atom stereocenters. The lowest BCUT2D eigenvalue weighted by atomic mass is 10.1. The molecule has 0 saturated heterocycles. The molecule has 0 amide bonds. The molecule has 0 aromatic heterocycles. The third kappa shape index (κ3) is 5.89. The summed E-state index contributed by atoms with van der Waals surface area (Å²) in [5, 5.41) is 13.1. The average Bonchev–Trinajstić information content (AvgIpc) is 2.60. The number of methoxy groups -OCH3 is 2. The van der Waals surface area contributed by atoms with Crippen LogP contribution in [-0.2, 0) is 0 Å². The van der Waals surface area contributed by atoms with Gasteiger partial charge in [-0.1, -0.05) is 12.1 Å². The van der Waals surface area contributed by atoms with Gasteiger partial charge in [-0.2, -0.15) is 0 Å². The van der Waals surface area contributed by atoms with E-state index < -0.39 is 6.10 Å². The van der Waals surface area contributed by atoms with E-state index in [-0.39, 0.29) is 36.5 Å². The molecule has 24 heavy (non-hydrogen) atoms. The molecule has 0 aliphatic rings. The van der Waals surface area contributed by atoms with E-state index in [0.29, 0.717) is 0 Å². The molecule has 4 N–H and O–H groups in total. The van der Waals surface area contributed by atoms with Gasteiger partial charge < -0.3 is 25.6 Å². The fourth-order valence-electron chi connectivity index (χ4n) is 1.98. The molecule has 2 aromatic carbocycles. The zero-order valence-corrected chi connectivity index (χ0v) is 15.9. The van der Waals surface area contributed by atoms with Crippen LogP contribution in [0.15, 0.2) is 53.5 Å². The summed E-state index contributed by atoms with van der Waals surface area (Å²) < 4.78 is 10.2. The Labute approximate surface area is 158 Å². The third-order valence-electron chi connectivity index (χ3n) is 3.30. The topological polar surface area (TPSA) is 89.1 Å². The lowest BCUT2D eigenvalue weighted by Crippen LogP contribution is -2.23. The molecule has 2 aromatic rings. The Morgan fingerprint density at radius 3 is 2.04 bits per heavy atom. The number of nitrogens with zero attached hydrogens (tertiary/aromatic N) is 1. The number of nitrogens with one attached hydrogen (secondary N) is 1. The van der Waals surface area contributed by atoms with Crippen LogP contribution in [0.2, 0.25) is 0 Å². The van der Waals surface area contributed by atoms with Crippen LogP contribution in [0, 0.1) is 0 Å². The van der Waals surface area contributed by atoms with Crippen LogP contribution >= 0.6 is 24.0 Å². The van der Waals surface area contributed by atoms with Crippen LogP contribution in [0.3, 0.4) is 0 Å². The minimum atomic E-state index is -0.725. The van der Waals surface area contributed by atoms with Crippen LogP contribution in [0.1, 0.15) is 11.7 Å². The number of guanidine groups is 1. The number of rotatable bonds is 6. The molecule has 6 nitrogen and oxygen atoms in total. The third-order valence-corrected chi connectivity index (χ3v) is 3.30. The molecule has 0 aliphatic carbocycles. The molecule has 0 saturated carbocycles. The Kier molecular flexibility index (Phi) is 8.34. The molecule has 0 bridgehead atoms. The fourth-order valence-corrected chi connectivity index (χ4v) is 1.98. The molecule has 0 radical (unpaired) electrons. The van der Waals surface area contributed by atoms with E-state index in [4.69, 9.17) is 15.2 Å². The lowest BCUT2D eigenvalue weighted by Gasteiger charge is -2.11. The molecule has 0 spiro atoms. The number of aliphatic hydroxyl groups is 1. The quantitative estimate of drug-likeness (QED) is 0.363. The minimum absolute atomic E-state index is 0. The van der Waals surface area contributed by atoms with Crippen molar-refractivity contribution in [1.29, 1.82) is 0 Å². The van der Waals surface area contributed by atoms with E-state index in [0.717, 1.165) is 22.7 Å². The average molecular weight is 443 g/mol. The molecular weight excluding hydrogens is 421 g/mol. The van der Waals surface area contributed by atoms with Crippen molar-refractivity contribution in [3.8, 4) is 11.5 Å². The second-order valence-corrected chi connectivity index (χ2v) is 4.87. The number of hydrogen-bond donors (Lipinski definition) is 3. The van der Waals surface area contributed by atoms with E-state index in [9.17, 15) is 5.11 Å². The highest BCUT2D eigenvalue weighted by molar-refractivity contribution is 14.0. The van der Waals surface area contributed by atoms with Gasteiger partial charge >= 0.3 is 0 Å². The van der Waals surface area contributed by atoms with Crippen LogP contribution in [0.5, 0.6) is 11.5 Å². The van der Waals surface area contributed by atoms with Crippen LogP contribution in [0.4, 0.5) is 5.69 Å². The maximum atomic E-state index is 10.1. The van der Waals surface area contributed by atoms with Crippen molar-refractivity contribution in [2.24, 2.45) is 10.7 Å². The van der Waals surface area contributed by atoms with Crippen LogP contribution < -0.4 is 20.5 Å². The molecule has 0 fully saturated rings. The standard InChI is InChI=1S/C17H21N3O3.HI/c1-22-14-7-3-12(4-8-14)16(21)11-19-17(18)20-13-5-9-15(23-2)10-6-13;/h3-10,16,21H,11H2,1-2H3,(H3,18,19,20);1H. The molecule has 7 heteroatoms. The van der Waals surface area contributed by atoms with Gasteiger partial charge in [0, 0.05) is 5.69 Å². The first-order valence-electron chi connectivity index (χ1n) is 7.15. The van der Waals surface area contributed by atoms with E-state index >= 15 is 0 Å². The van der Waals surface area contributed by atoms with Gasteiger partial charge in [0.2, 0.25) is 0 Å². The second kappa shape index (κ2) is 9.99. The number of anilines is 1. The maximum absolute atomic E-state index is 10.1. The normalized spacial score (nSPS) is 12.0. The number of aliphatic imine (C=N–C) groups is 1. The van der Waals surface area contributed by atoms with E-state index in [2.05, 4.69) is 10.3 Å². The molecule has 0 aliphatic heterocycles. The highest BCUT2D eigenvalue weighted by Crippen LogP contribution is 2.18. The number of halogens is 1. The van der Waals surface area contributed by atoms with Gasteiger partial charge in [0.1, 0.15) is 11.5 Å². The Bertz CT molecular complexity index is 645. The molecule has 130 valence electrons. The van der Waals surface area contributed by atoms with Gasteiger partial charge in [-0.15, -0.1) is 24.0 Å². The van der Waals surface area contributed by atoms with Gasteiger partial charge in [-0.25, -0.2) is 0 Å². The van der Waals surface area contributed by atoms with E-state index in [1.807, 2.05) is 24.3 Å². The molecule has 2 rings (SSSR count). The monoisotopic (exact) mass is 443 g/mol. The predicted molar refractivity (Wildman–Crippen MR) is 106 cm³/mol. The van der Waals surface area contributed by atoms with Crippen molar-refractivity contribution in [1.82, 2.24) is 0 Å². The number of aliphatic hydroxyl groups excluding tert-OH is 1. The van der Waals surface area contributed by atoms with Gasteiger partial charge in [-0.3, -0.25) is 4.99 Å². The highest BCUT2D eigenvalue weighted by atomic mass is 127. The van der Waals surface area contributed by atoms with Gasteiger partial charge in [0.15, 0.2) is 5.96 Å². The SMILES string of the molecule is COc1ccc(NC(N)=NCC(O)c2ccc(OC)cc2)cc1.I. The van der Waals surface area contributed by atoms with Crippen molar-refractivity contribution in [3.63, 3.8) is 0 Å².